The van der Waals surface area contributed by atoms with Crippen molar-refractivity contribution in [2.24, 2.45) is 5.92 Å². The smallest absolute Gasteiger partial charge is 0.290 e. The molecule has 39 heavy (non-hydrogen) atoms. The number of aromatic nitrogens is 5. The molecule has 2 saturated heterocycles. The summed E-state index contributed by atoms with van der Waals surface area (Å²) in [6, 6.07) is 3.45. The molecule has 2 aliphatic rings. The lowest BCUT2D eigenvalue weighted by Gasteiger charge is -2.32. The second-order valence-electron chi connectivity index (χ2n) is 9.52. The number of halogens is 1. The Balaban J connectivity index is 1.13. The Kier molecular flexibility index (Phi) is 8.07. The van der Waals surface area contributed by atoms with Crippen molar-refractivity contribution in [3.8, 4) is 11.3 Å². The molecule has 3 aromatic rings. The van der Waals surface area contributed by atoms with Crippen molar-refractivity contribution in [3.63, 3.8) is 0 Å². The van der Waals surface area contributed by atoms with Crippen LogP contribution >= 0.6 is 11.8 Å². The van der Waals surface area contributed by atoms with Gasteiger partial charge in [-0.1, -0.05) is 0 Å². The number of pyridine rings is 1. The molecule has 5 heterocycles. The number of thioether (sulfide) groups is 1. The van der Waals surface area contributed by atoms with Crippen LogP contribution in [-0.4, -0.2) is 69.8 Å². The van der Waals surface area contributed by atoms with Gasteiger partial charge in [-0.3, -0.25) is 19.9 Å². The fourth-order valence-electron chi connectivity index (χ4n) is 4.36. The molecule has 202 valence electrons. The molecule has 0 spiro atoms. The maximum atomic E-state index is 14.5. The van der Waals surface area contributed by atoms with Crippen LogP contribution in [0.5, 0.6) is 0 Å². The van der Waals surface area contributed by atoms with Gasteiger partial charge in [0.05, 0.1) is 22.5 Å². The Labute approximate surface area is 229 Å². The third-order valence-electron chi connectivity index (χ3n) is 6.50. The number of anilines is 2. The summed E-state index contributed by atoms with van der Waals surface area (Å²) in [5.41, 5.74) is 2.48. The van der Waals surface area contributed by atoms with Crippen LogP contribution in [0.2, 0.25) is 0 Å². The zero-order valence-corrected chi connectivity index (χ0v) is 22.4. The molecule has 3 aromatic heterocycles. The molecule has 11 nitrogen and oxygen atoms in total. The Morgan fingerprint density at radius 3 is 2.62 bits per heavy atom. The molecule has 2 N–H and O–H groups in total. The summed E-state index contributed by atoms with van der Waals surface area (Å²) >= 11 is 0.864. The summed E-state index contributed by atoms with van der Waals surface area (Å²) in [4.78, 5) is 49.2. The SMILES string of the molecule is CN(C)c1ncc(-c2cc(CNCC3CCN(c4nccc(/C=C5/SC(=O)NC5=O)n4)CC3)c(F)cn2)cn1. The number of nitrogens with one attached hydrogen (secondary N) is 2. The van der Waals surface area contributed by atoms with Gasteiger partial charge in [0, 0.05) is 63.4 Å². The van der Waals surface area contributed by atoms with E-state index in [4.69, 9.17) is 0 Å². The molecule has 0 atom stereocenters. The van der Waals surface area contributed by atoms with E-state index in [2.05, 4.69) is 40.5 Å². The molecule has 13 heteroatoms. The van der Waals surface area contributed by atoms with Gasteiger partial charge in [-0.2, -0.15) is 0 Å². The number of nitrogens with zero attached hydrogens (tertiary/aromatic N) is 7. The van der Waals surface area contributed by atoms with Crippen LogP contribution in [0.15, 0.2) is 41.8 Å². The predicted molar refractivity (Wildman–Crippen MR) is 147 cm³/mol. The molecule has 0 aliphatic carbocycles. The highest BCUT2D eigenvalue weighted by atomic mass is 32.2. The first-order chi connectivity index (χ1) is 18.9. The lowest BCUT2D eigenvalue weighted by Crippen LogP contribution is -2.38. The third-order valence-corrected chi connectivity index (χ3v) is 7.31. The number of carbonyl (C=O) groups is 2. The van der Waals surface area contributed by atoms with Crippen molar-refractivity contribution in [2.75, 3.05) is 43.5 Å². The van der Waals surface area contributed by atoms with Crippen LogP contribution in [0.3, 0.4) is 0 Å². The van der Waals surface area contributed by atoms with E-state index in [1.165, 1.54) is 6.20 Å². The highest BCUT2D eigenvalue weighted by Crippen LogP contribution is 2.26. The van der Waals surface area contributed by atoms with Gasteiger partial charge in [0.25, 0.3) is 11.1 Å². The molecule has 0 saturated carbocycles. The van der Waals surface area contributed by atoms with E-state index >= 15 is 0 Å². The number of amides is 2. The quantitative estimate of drug-likeness (QED) is 0.403. The van der Waals surface area contributed by atoms with E-state index in [1.54, 1.807) is 36.8 Å². The summed E-state index contributed by atoms with van der Waals surface area (Å²) in [5.74, 6) is 0.873. The number of hydrogen-bond acceptors (Lipinski definition) is 11. The van der Waals surface area contributed by atoms with E-state index in [9.17, 15) is 14.0 Å². The van der Waals surface area contributed by atoms with Gasteiger partial charge in [0.2, 0.25) is 11.9 Å². The van der Waals surface area contributed by atoms with E-state index in [0.717, 1.165) is 49.8 Å². The lowest BCUT2D eigenvalue weighted by atomic mass is 9.97. The molecule has 2 aliphatic heterocycles. The standard InChI is InChI=1S/C26H28FN9O2S/c1-35(2)24-31-13-18(14-32-24)21-9-17(20(27)15-30-21)12-28-11-16-4-7-36(8-5-16)25-29-6-3-19(33-25)10-22-23(37)34-26(38)39-22/h3,6,9-10,13-16,28H,4-5,7-8,11-12H2,1-2H3,(H,34,37,38)/b22-10+. The average molecular weight is 550 g/mol. The second-order valence-corrected chi connectivity index (χ2v) is 10.5. The highest BCUT2D eigenvalue weighted by Gasteiger charge is 2.26. The van der Waals surface area contributed by atoms with Crippen molar-refractivity contribution >= 4 is 40.9 Å². The van der Waals surface area contributed by atoms with Gasteiger partial charge in [-0.05, 0) is 55.3 Å². The highest BCUT2D eigenvalue weighted by molar-refractivity contribution is 8.18. The molecule has 0 radical (unpaired) electrons. The van der Waals surface area contributed by atoms with Gasteiger partial charge < -0.3 is 15.1 Å². The maximum absolute atomic E-state index is 14.5. The van der Waals surface area contributed by atoms with Gasteiger partial charge in [0.15, 0.2) is 0 Å². The van der Waals surface area contributed by atoms with E-state index in [0.29, 0.717) is 46.2 Å². The maximum Gasteiger partial charge on any atom is 0.290 e. The first-order valence-corrected chi connectivity index (χ1v) is 13.3. The Morgan fingerprint density at radius 1 is 1.15 bits per heavy atom. The van der Waals surface area contributed by atoms with Gasteiger partial charge in [-0.15, -0.1) is 0 Å². The molecule has 0 unspecified atom stereocenters. The van der Waals surface area contributed by atoms with Crippen LogP contribution in [0.25, 0.3) is 17.3 Å². The lowest BCUT2D eigenvalue weighted by molar-refractivity contribution is -0.115. The van der Waals surface area contributed by atoms with Gasteiger partial charge >= 0.3 is 0 Å². The number of imide groups is 1. The normalized spacial score (nSPS) is 17.1. The zero-order chi connectivity index (χ0) is 27.4. The van der Waals surface area contributed by atoms with Crippen LogP contribution in [0.4, 0.5) is 21.1 Å². The molecule has 2 fully saturated rings. The Bertz CT molecular complexity index is 1390. The monoisotopic (exact) mass is 549 g/mol. The number of rotatable bonds is 8. The number of piperidine rings is 1. The molecule has 2 amide bonds. The second kappa shape index (κ2) is 11.8. The first kappa shape index (κ1) is 26.6. The topological polar surface area (TPSA) is 129 Å². The van der Waals surface area contributed by atoms with Crippen molar-refractivity contribution in [1.29, 1.82) is 0 Å². The van der Waals surface area contributed by atoms with E-state index in [-0.39, 0.29) is 11.1 Å². The minimum absolute atomic E-state index is 0.322. The molecular weight excluding hydrogens is 521 g/mol. The Morgan fingerprint density at radius 2 is 1.92 bits per heavy atom. The molecule has 5 rings (SSSR count). The van der Waals surface area contributed by atoms with Crippen LogP contribution in [-0.2, 0) is 11.3 Å². The van der Waals surface area contributed by atoms with Gasteiger partial charge in [0.1, 0.15) is 5.82 Å². The van der Waals surface area contributed by atoms with Crippen LogP contribution in [0.1, 0.15) is 24.1 Å². The minimum atomic E-state index is -0.408. The van der Waals surface area contributed by atoms with E-state index < -0.39 is 5.91 Å². The number of hydrogen-bond donors (Lipinski definition) is 2. The average Bonchev–Trinajstić information content (AvgIpc) is 3.26. The minimum Gasteiger partial charge on any atom is -0.347 e. The number of carbonyl (C=O) groups excluding carboxylic acids is 2. The predicted octanol–water partition coefficient (Wildman–Crippen LogP) is 2.86. The molecule has 0 bridgehead atoms. The van der Waals surface area contributed by atoms with Crippen molar-refractivity contribution < 1.29 is 14.0 Å². The molecular formula is C26H28FN9O2S. The fraction of sp³-hybridized carbons (Fsp3) is 0.346. The summed E-state index contributed by atoms with van der Waals surface area (Å²) in [7, 11) is 3.73. The van der Waals surface area contributed by atoms with E-state index in [1.807, 2.05) is 19.0 Å². The van der Waals surface area contributed by atoms with Gasteiger partial charge in [-0.25, -0.2) is 24.3 Å². The fourth-order valence-corrected chi connectivity index (χ4v) is 5.02. The van der Waals surface area contributed by atoms with Crippen molar-refractivity contribution in [2.45, 2.75) is 19.4 Å². The first-order valence-electron chi connectivity index (χ1n) is 12.5. The largest absolute Gasteiger partial charge is 0.347 e. The third kappa shape index (κ3) is 6.55. The summed E-state index contributed by atoms with van der Waals surface area (Å²) < 4.78 is 14.5. The summed E-state index contributed by atoms with van der Waals surface area (Å²) in [6.07, 6.45) is 9.75. The van der Waals surface area contributed by atoms with Crippen LogP contribution < -0.4 is 20.4 Å². The Hall–Kier alpha value is -3.97. The summed E-state index contributed by atoms with van der Waals surface area (Å²) in [5, 5.41) is 5.26. The van der Waals surface area contributed by atoms with Crippen molar-refractivity contribution in [3.05, 3.63) is 58.9 Å². The molecule has 0 aromatic carbocycles. The summed E-state index contributed by atoms with van der Waals surface area (Å²) in [6.45, 7) is 2.73. The van der Waals surface area contributed by atoms with Crippen molar-refractivity contribution in [1.82, 2.24) is 35.6 Å². The van der Waals surface area contributed by atoms with Crippen LogP contribution in [0, 0.1) is 11.7 Å². The zero-order valence-electron chi connectivity index (χ0n) is 21.6.